The highest BCUT2D eigenvalue weighted by Crippen LogP contribution is 2.03. The molecule has 0 bridgehead atoms. The first-order valence-electron chi connectivity index (χ1n) is 6.35. The van der Waals surface area contributed by atoms with E-state index >= 15 is 0 Å². The molecule has 0 fully saturated rings. The fraction of sp³-hybridized carbons (Fsp3) is 0.571. The summed E-state index contributed by atoms with van der Waals surface area (Å²) in [5, 5.41) is 3.47. The van der Waals surface area contributed by atoms with Gasteiger partial charge in [-0.15, -0.1) is 0 Å². The number of hydrogen-bond acceptors (Lipinski definition) is 2. The molecule has 0 saturated heterocycles. The molecule has 90 valence electrons. The standard InChI is InChI=1S/C14H24N2/c1-2-3-4-5-10-16-12-14-8-6-13(11-15)7-9-14/h6-9,16H,2-5,10-12,15H2,1H3. The molecule has 0 spiro atoms. The van der Waals surface area contributed by atoms with Crippen molar-refractivity contribution in [3.8, 4) is 0 Å². The SMILES string of the molecule is CCCCCCNCc1ccc(CN)cc1. The summed E-state index contributed by atoms with van der Waals surface area (Å²) >= 11 is 0. The number of nitrogens with one attached hydrogen (secondary N) is 1. The Labute approximate surface area is 99.2 Å². The van der Waals surface area contributed by atoms with Gasteiger partial charge in [0.25, 0.3) is 0 Å². The molecule has 0 aliphatic carbocycles. The average Bonchev–Trinajstić information content (AvgIpc) is 2.34. The Balaban J connectivity index is 2.12. The third kappa shape index (κ3) is 5.29. The molecular formula is C14H24N2. The highest BCUT2D eigenvalue weighted by Gasteiger charge is 1.93. The average molecular weight is 220 g/mol. The van der Waals surface area contributed by atoms with Crippen molar-refractivity contribution in [1.82, 2.24) is 5.32 Å². The maximum absolute atomic E-state index is 5.55. The van der Waals surface area contributed by atoms with Crippen LogP contribution in [0.3, 0.4) is 0 Å². The summed E-state index contributed by atoms with van der Waals surface area (Å²) in [6.07, 6.45) is 5.29. The Hall–Kier alpha value is -0.860. The molecule has 1 aromatic rings. The Kier molecular flexibility index (Phi) is 6.86. The van der Waals surface area contributed by atoms with E-state index in [0.29, 0.717) is 6.54 Å². The summed E-state index contributed by atoms with van der Waals surface area (Å²) in [6, 6.07) is 8.52. The second-order valence-corrected chi connectivity index (χ2v) is 4.26. The number of hydrogen-bond donors (Lipinski definition) is 2. The maximum Gasteiger partial charge on any atom is 0.0205 e. The van der Waals surface area contributed by atoms with Crippen LogP contribution in [0, 0.1) is 0 Å². The first kappa shape index (κ1) is 13.2. The van der Waals surface area contributed by atoms with E-state index in [1.165, 1.54) is 36.8 Å². The van der Waals surface area contributed by atoms with Crippen LogP contribution in [0.5, 0.6) is 0 Å². The molecule has 1 aromatic carbocycles. The van der Waals surface area contributed by atoms with E-state index in [2.05, 4.69) is 36.5 Å². The molecule has 2 heteroatoms. The lowest BCUT2D eigenvalue weighted by atomic mass is 10.1. The van der Waals surface area contributed by atoms with Crippen molar-refractivity contribution < 1.29 is 0 Å². The van der Waals surface area contributed by atoms with Gasteiger partial charge in [-0.3, -0.25) is 0 Å². The fourth-order valence-electron chi connectivity index (χ4n) is 1.70. The number of unbranched alkanes of at least 4 members (excludes halogenated alkanes) is 3. The highest BCUT2D eigenvalue weighted by atomic mass is 14.8. The van der Waals surface area contributed by atoms with Crippen LogP contribution in [0.25, 0.3) is 0 Å². The lowest BCUT2D eigenvalue weighted by molar-refractivity contribution is 0.598. The predicted molar refractivity (Wildman–Crippen MR) is 70.2 cm³/mol. The summed E-state index contributed by atoms with van der Waals surface area (Å²) in [7, 11) is 0. The molecule has 0 radical (unpaired) electrons. The fourth-order valence-corrected chi connectivity index (χ4v) is 1.70. The first-order valence-corrected chi connectivity index (χ1v) is 6.35. The minimum Gasteiger partial charge on any atom is -0.326 e. The molecule has 0 saturated carbocycles. The molecule has 2 nitrogen and oxygen atoms in total. The number of rotatable bonds is 8. The Morgan fingerprint density at radius 1 is 1.00 bits per heavy atom. The van der Waals surface area contributed by atoms with E-state index < -0.39 is 0 Å². The van der Waals surface area contributed by atoms with Crippen LogP contribution in [0.4, 0.5) is 0 Å². The highest BCUT2D eigenvalue weighted by molar-refractivity contribution is 5.22. The second kappa shape index (κ2) is 8.31. The molecule has 0 aromatic heterocycles. The zero-order valence-corrected chi connectivity index (χ0v) is 10.3. The Morgan fingerprint density at radius 3 is 2.31 bits per heavy atom. The third-order valence-corrected chi connectivity index (χ3v) is 2.79. The number of benzene rings is 1. The molecule has 0 atom stereocenters. The molecule has 16 heavy (non-hydrogen) atoms. The maximum atomic E-state index is 5.55. The van der Waals surface area contributed by atoms with Crippen molar-refractivity contribution in [2.24, 2.45) is 5.73 Å². The van der Waals surface area contributed by atoms with E-state index in [1.807, 2.05) is 0 Å². The van der Waals surface area contributed by atoms with Gasteiger partial charge in [0, 0.05) is 13.1 Å². The van der Waals surface area contributed by atoms with Gasteiger partial charge in [-0.05, 0) is 24.1 Å². The van der Waals surface area contributed by atoms with Gasteiger partial charge in [-0.25, -0.2) is 0 Å². The monoisotopic (exact) mass is 220 g/mol. The third-order valence-electron chi connectivity index (χ3n) is 2.79. The number of nitrogens with two attached hydrogens (primary N) is 1. The summed E-state index contributed by atoms with van der Waals surface area (Å²) in [5.41, 5.74) is 8.09. The molecule has 0 aliphatic rings. The van der Waals surface area contributed by atoms with Crippen molar-refractivity contribution >= 4 is 0 Å². The van der Waals surface area contributed by atoms with Gasteiger partial charge in [0.05, 0.1) is 0 Å². The molecule has 0 amide bonds. The van der Waals surface area contributed by atoms with Crippen LogP contribution in [0.15, 0.2) is 24.3 Å². The second-order valence-electron chi connectivity index (χ2n) is 4.26. The van der Waals surface area contributed by atoms with E-state index in [9.17, 15) is 0 Å². The van der Waals surface area contributed by atoms with Crippen molar-refractivity contribution in [3.63, 3.8) is 0 Å². The van der Waals surface area contributed by atoms with Crippen LogP contribution < -0.4 is 11.1 Å². The van der Waals surface area contributed by atoms with Crippen LogP contribution in [0.2, 0.25) is 0 Å². The lowest BCUT2D eigenvalue weighted by Gasteiger charge is -2.05. The van der Waals surface area contributed by atoms with Crippen LogP contribution in [-0.2, 0) is 13.1 Å². The molecule has 0 heterocycles. The van der Waals surface area contributed by atoms with Gasteiger partial charge >= 0.3 is 0 Å². The molecule has 1 rings (SSSR count). The summed E-state index contributed by atoms with van der Waals surface area (Å²) < 4.78 is 0. The summed E-state index contributed by atoms with van der Waals surface area (Å²) in [4.78, 5) is 0. The summed E-state index contributed by atoms with van der Waals surface area (Å²) in [5.74, 6) is 0. The minimum absolute atomic E-state index is 0.630. The van der Waals surface area contributed by atoms with Crippen LogP contribution >= 0.6 is 0 Å². The Morgan fingerprint density at radius 2 is 1.69 bits per heavy atom. The minimum atomic E-state index is 0.630. The Bertz CT molecular complexity index is 267. The van der Waals surface area contributed by atoms with Crippen LogP contribution in [-0.4, -0.2) is 6.54 Å². The van der Waals surface area contributed by atoms with Gasteiger partial charge in [-0.2, -0.15) is 0 Å². The van der Waals surface area contributed by atoms with Crippen molar-refractivity contribution in [3.05, 3.63) is 35.4 Å². The van der Waals surface area contributed by atoms with Gasteiger partial charge in [0.15, 0.2) is 0 Å². The van der Waals surface area contributed by atoms with Gasteiger partial charge < -0.3 is 11.1 Å². The summed E-state index contributed by atoms with van der Waals surface area (Å²) in [6.45, 7) is 4.97. The van der Waals surface area contributed by atoms with E-state index in [-0.39, 0.29) is 0 Å². The molecule has 0 aliphatic heterocycles. The van der Waals surface area contributed by atoms with Gasteiger partial charge in [0.2, 0.25) is 0 Å². The molecule has 0 unspecified atom stereocenters. The van der Waals surface area contributed by atoms with Crippen molar-refractivity contribution in [2.75, 3.05) is 6.54 Å². The van der Waals surface area contributed by atoms with Gasteiger partial charge in [-0.1, -0.05) is 50.5 Å². The van der Waals surface area contributed by atoms with E-state index in [0.717, 1.165) is 13.1 Å². The lowest BCUT2D eigenvalue weighted by Crippen LogP contribution is -2.14. The molecule has 3 N–H and O–H groups in total. The predicted octanol–water partition coefficient (Wildman–Crippen LogP) is 2.82. The first-order chi connectivity index (χ1) is 7.86. The van der Waals surface area contributed by atoms with E-state index in [4.69, 9.17) is 5.73 Å². The zero-order valence-electron chi connectivity index (χ0n) is 10.3. The van der Waals surface area contributed by atoms with E-state index in [1.54, 1.807) is 0 Å². The van der Waals surface area contributed by atoms with Gasteiger partial charge in [0.1, 0.15) is 0 Å². The normalized spacial score (nSPS) is 10.6. The largest absolute Gasteiger partial charge is 0.326 e. The quantitative estimate of drug-likeness (QED) is 0.661. The smallest absolute Gasteiger partial charge is 0.0205 e. The topological polar surface area (TPSA) is 38.0 Å². The zero-order chi connectivity index (χ0) is 11.6. The van der Waals surface area contributed by atoms with Crippen molar-refractivity contribution in [1.29, 1.82) is 0 Å². The van der Waals surface area contributed by atoms with Crippen LogP contribution in [0.1, 0.15) is 43.7 Å². The van der Waals surface area contributed by atoms with Crippen molar-refractivity contribution in [2.45, 2.75) is 45.7 Å². The molecular weight excluding hydrogens is 196 g/mol.